The lowest BCUT2D eigenvalue weighted by Gasteiger charge is -2.00. The number of primary amides is 1. The summed E-state index contributed by atoms with van der Waals surface area (Å²) in [4.78, 5) is 10.5. The first-order valence-corrected chi connectivity index (χ1v) is 3.27. The molecule has 1 amide bonds. The van der Waals surface area contributed by atoms with E-state index in [9.17, 15) is 18.0 Å². The van der Waals surface area contributed by atoms with Crippen molar-refractivity contribution in [2.75, 3.05) is 0 Å². The third kappa shape index (κ3) is 1.69. The summed E-state index contributed by atoms with van der Waals surface area (Å²) in [5.74, 6) is -3.35. The van der Waals surface area contributed by atoms with Crippen LogP contribution in [-0.4, -0.2) is 5.91 Å². The van der Waals surface area contributed by atoms with E-state index in [1.54, 1.807) is 0 Å². The van der Waals surface area contributed by atoms with E-state index in [0.29, 0.717) is 6.07 Å². The molecule has 0 radical (unpaired) electrons. The van der Waals surface area contributed by atoms with Crippen molar-refractivity contribution in [2.24, 2.45) is 5.73 Å². The first-order chi connectivity index (χ1) is 6.36. The first kappa shape index (κ1) is 10.1. The van der Waals surface area contributed by atoms with Gasteiger partial charge < -0.3 is 10.2 Å². The number of carbonyl (C=O) groups excluding carboxylic acids is 1. The number of nitrogens with two attached hydrogens (primary N) is 1. The Morgan fingerprint density at radius 1 is 1.57 bits per heavy atom. The summed E-state index contributed by atoms with van der Waals surface area (Å²) >= 11 is 0. The highest BCUT2D eigenvalue weighted by molar-refractivity contribution is 5.90. The normalized spacial score (nSPS) is 11.0. The van der Waals surface area contributed by atoms with Crippen LogP contribution >= 0.6 is 0 Å². The second-order valence-corrected chi connectivity index (χ2v) is 2.33. The van der Waals surface area contributed by atoms with Crippen molar-refractivity contribution < 1.29 is 22.4 Å². The SMILES string of the molecule is N#Cc1cc(C(N)=O)oc1C(F)(F)F. The van der Waals surface area contributed by atoms with Crippen LogP contribution < -0.4 is 5.73 Å². The molecule has 2 N–H and O–H groups in total. The number of nitriles is 1. The van der Waals surface area contributed by atoms with Crippen LogP contribution in [0.4, 0.5) is 13.2 Å². The maximum Gasteiger partial charge on any atom is 0.450 e. The summed E-state index contributed by atoms with van der Waals surface area (Å²) in [5, 5.41) is 8.31. The fourth-order valence-electron chi connectivity index (χ4n) is 0.806. The van der Waals surface area contributed by atoms with Crippen molar-refractivity contribution in [3.8, 4) is 6.07 Å². The predicted molar refractivity (Wildman–Crippen MR) is 36.9 cm³/mol. The zero-order chi connectivity index (χ0) is 10.9. The Kier molecular flexibility index (Phi) is 2.21. The number of carbonyl (C=O) groups is 1. The Bertz CT molecular complexity index is 414. The van der Waals surface area contributed by atoms with Gasteiger partial charge in [-0.25, -0.2) is 0 Å². The molecule has 1 rings (SSSR count). The molecule has 0 bridgehead atoms. The number of furan rings is 1. The van der Waals surface area contributed by atoms with Crippen molar-refractivity contribution in [1.82, 2.24) is 0 Å². The molecule has 1 aromatic heterocycles. The number of hydrogen-bond acceptors (Lipinski definition) is 3. The molecule has 0 unspecified atom stereocenters. The van der Waals surface area contributed by atoms with Crippen LogP contribution in [0.15, 0.2) is 10.5 Å². The molecule has 1 aromatic rings. The van der Waals surface area contributed by atoms with Crippen molar-refractivity contribution in [3.05, 3.63) is 23.2 Å². The Morgan fingerprint density at radius 3 is 2.43 bits per heavy atom. The van der Waals surface area contributed by atoms with Crippen molar-refractivity contribution in [1.29, 1.82) is 5.26 Å². The molecule has 74 valence electrons. The van der Waals surface area contributed by atoms with Gasteiger partial charge >= 0.3 is 6.18 Å². The molecule has 0 aliphatic rings. The van der Waals surface area contributed by atoms with Gasteiger partial charge in [0.05, 0.1) is 0 Å². The lowest BCUT2D eigenvalue weighted by atomic mass is 10.2. The van der Waals surface area contributed by atoms with Crippen LogP contribution in [0.1, 0.15) is 21.9 Å². The summed E-state index contributed by atoms with van der Waals surface area (Å²) in [5.41, 5.74) is 3.93. The second-order valence-electron chi connectivity index (χ2n) is 2.33. The molecule has 0 spiro atoms. The highest BCUT2D eigenvalue weighted by atomic mass is 19.4. The largest absolute Gasteiger partial charge is 0.450 e. The van der Waals surface area contributed by atoms with E-state index in [4.69, 9.17) is 5.26 Å². The number of amides is 1. The minimum Gasteiger partial charge on any atom is -0.445 e. The Hall–Kier alpha value is -1.97. The standard InChI is InChI=1S/C7H3F3N2O2/c8-7(9,10)5-3(2-11)1-4(14-5)6(12)13/h1H,(H2,12,13). The maximum absolute atomic E-state index is 12.1. The zero-order valence-corrected chi connectivity index (χ0v) is 6.55. The van der Waals surface area contributed by atoms with Gasteiger partial charge in [-0.3, -0.25) is 4.79 Å². The van der Waals surface area contributed by atoms with E-state index in [1.807, 2.05) is 0 Å². The fraction of sp³-hybridized carbons (Fsp3) is 0.143. The van der Waals surface area contributed by atoms with E-state index in [1.165, 1.54) is 6.07 Å². The van der Waals surface area contributed by atoms with E-state index in [-0.39, 0.29) is 0 Å². The number of hydrogen-bond donors (Lipinski definition) is 1. The summed E-state index contributed by atoms with van der Waals surface area (Å²) in [6, 6.07) is 1.91. The molecular formula is C7H3F3N2O2. The third-order valence-electron chi connectivity index (χ3n) is 1.35. The van der Waals surface area contributed by atoms with Gasteiger partial charge in [-0.1, -0.05) is 0 Å². The number of alkyl halides is 3. The molecule has 0 aliphatic carbocycles. The minimum absolute atomic E-state index is 0.658. The average Bonchev–Trinajstić information content (AvgIpc) is 2.46. The molecule has 0 saturated heterocycles. The molecule has 0 saturated carbocycles. The van der Waals surface area contributed by atoms with E-state index >= 15 is 0 Å². The van der Waals surface area contributed by atoms with Crippen molar-refractivity contribution in [2.45, 2.75) is 6.18 Å². The van der Waals surface area contributed by atoms with Gasteiger partial charge in [0.25, 0.3) is 5.91 Å². The van der Waals surface area contributed by atoms with Crippen LogP contribution in [-0.2, 0) is 6.18 Å². The van der Waals surface area contributed by atoms with Gasteiger partial charge in [-0.2, -0.15) is 18.4 Å². The molecule has 7 heteroatoms. The highest BCUT2D eigenvalue weighted by Gasteiger charge is 2.39. The molecule has 0 aromatic carbocycles. The van der Waals surface area contributed by atoms with E-state index in [0.717, 1.165) is 0 Å². The smallest absolute Gasteiger partial charge is 0.445 e. The molecular weight excluding hydrogens is 201 g/mol. The summed E-state index contributed by atoms with van der Waals surface area (Å²) < 4.78 is 40.5. The van der Waals surface area contributed by atoms with Gasteiger partial charge in [0.2, 0.25) is 5.76 Å². The van der Waals surface area contributed by atoms with Gasteiger partial charge in [-0.05, 0) is 0 Å². The summed E-state index contributed by atoms with van der Waals surface area (Å²) in [6.07, 6.45) is -4.81. The first-order valence-electron chi connectivity index (χ1n) is 3.27. The number of nitrogens with zero attached hydrogens (tertiary/aromatic N) is 1. The minimum atomic E-state index is -4.81. The van der Waals surface area contributed by atoms with Gasteiger partial charge in [-0.15, -0.1) is 0 Å². The topological polar surface area (TPSA) is 80.0 Å². The third-order valence-corrected chi connectivity index (χ3v) is 1.35. The quantitative estimate of drug-likeness (QED) is 0.747. The van der Waals surface area contributed by atoms with Crippen LogP contribution in [0, 0.1) is 11.3 Å². The van der Waals surface area contributed by atoms with E-state index < -0.39 is 29.2 Å². The van der Waals surface area contributed by atoms with Crippen LogP contribution in [0.5, 0.6) is 0 Å². The van der Waals surface area contributed by atoms with Gasteiger partial charge in [0.1, 0.15) is 11.6 Å². The molecule has 0 fully saturated rings. The maximum atomic E-state index is 12.1. The van der Waals surface area contributed by atoms with E-state index in [2.05, 4.69) is 10.2 Å². The lowest BCUT2D eigenvalue weighted by Crippen LogP contribution is -2.09. The van der Waals surface area contributed by atoms with Gasteiger partial charge in [0, 0.05) is 6.07 Å². The molecule has 0 atom stereocenters. The molecule has 1 heterocycles. The average molecular weight is 204 g/mol. The zero-order valence-electron chi connectivity index (χ0n) is 6.55. The Morgan fingerprint density at radius 2 is 2.14 bits per heavy atom. The van der Waals surface area contributed by atoms with Crippen LogP contribution in [0.2, 0.25) is 0 Å². The monoisotopic (exact) mass is 204 g/mol. The predicted octanol–water partition coefficient (Wildman–Crippen LogP) is 1.27. The van der Waals surface area contributed by atoms with Crippen molar-refractivity contribution in [3.63, 3.8) is 0 Å². The fourth-order valence-corrected chi connectivity index (χ4v) is 0.806. The Balaban J connectivity index is 3.31. The van der Waals surface area contributed by atoms with Crippen LogP contribution in [0.3, 0.4) is 0 Å². The van der Waals surface area contributed by atoms with Gasteiger partial charge in [0.15, 0.2) is 5.76 Å². The summed E-state index contributed by atoms with van der Waals surface area (Å²) in [6.45, 7) is 0. The number of halogens is 3. The molecule has 0 aliphatic heterocycles. The summed E-state index contributed by atoms with van der Waals surface area (Å²) in [7, 11) is 0. The molecule has 4 nitrogen and oxygen atoms in total. The highest BCUT2D eigenvalue weighted by Crippen LogP contribution is 2.33. The van der Waals surface area contributed by atoms with Crippen molar-refractivity contribution >= 4 is 5.91 Å². The van der Waals surface area contributed by atoms with Crippen LogP contribution in [0.25, 0.3) is 0 Å². The Labute approximate surface area is 75.7 Å². The second kappa shape index (κ2) is 3.06. The lowest BCUT2D eigenvalue weighted by molar-refractivity contribution is -0.153. The number of rotatable bonds is 1. The molecule has 14 heavy (non-hydrogen) atoms.